The van der Waals surface area contributed by atoms with Crippen LogP contribution >= 0.6 is 0 Å². The van der Waals surface area contributed by atoms with Crippen LogP contribution in [0.3, 0.4) is 0 Å². The smallest absolute Gasteiger partial charge is 0.0897 e. The first-order valence-corrected chi connectivity index (χ1v) is 7.20. The highest BCUT2D eigenvalue weighted by molar-refractivity contribution is 4.69. The van der Waals surface area contributed by atoms with E-state index in [-0.39, 0.29) is 6.10 Å². The first-order chi connectivity index (χ1) is 8.58. The van der Waals surface area contributed by atoms with E-state index in [2.05, 4.69) is 26.1 Å². The monoisotopic (exact) mass is 259 g/mol. The zero-order chi connectivity index (χ0) is 13.4. The highest BCUT2D eigenvalue weighted by Gasteiger charge is 2.15. The predicted molar refractivity (Wildman–Crippen MR) is 72.7 cm³/mol. The van der Waals surface area contributed by atoms with Gasteiger partial charge in [0.15, 0.2) is 0 Å². The average molecular weight is 259 g/mol. The second kappa shape index (κ2) is 8.86. The van der Waals surface area contributed by atoms with Gasteiger partial charge in [0.2, 0.25) is 0 Å². The average Bonchev–Trinajstić information content (AvgIpc) is 2.78. The quantitative estimate of drug-likeness (QED) is 0.660. The summed E-state index contributed by atoms with van der Waals surface area (Å²) in [5, 5.41) is 13.0. The summed E-state index contributed by atoms with van der Waals surface area (Å²) in [5.74, 6) is 0.634. The molecule has 108 valence electrons. The largest absolute Gasteiger partial charge is 0.389 e. The predicted octanol–water partition coefficient (Wildman–Crippen LogP) is 1.57. The maximum Gasteiger partial charge on any atom is 0.0897 e. The van der Waals surface area contributed by atoms with Crippen LogP contribution in [0.4, 0.5) is 0 Å². The van der Waals surface area contributed by atoms with Crippen LogP contribution in [0, 0.1) is 5.92 Å². The molecule has 1 fully saturated rings. The third-order valence-corrected chi connectivity index (χ3v) is 3.15. The Hall–Kier alpha value is -0.160. The SMILES string of the molecule is CC(C)CC(C)OCC(O)CNCC1CCCO1. The number of aliphatic hydroxyl groups is 1. The summed E-state index contributed by atoms with van der Waals surface area (Å²) in [4.78, 5) is 0. The number of nitrogens with one attached hydrogen (secondary N) is 1. The minimum Gasteiger partial charge on any atom is -0.389 e. The van der Waals surface area contributed by atoms with Crippen LogP contribution in [0.15, 0.2) is 0 Å². The van der Waals surface area contributed by atoms with Crippen molar-refractivity contribution in [2.45, 2.75) is 58.3 Å². The molecule has 0 spiro atoms. The third kappa shape index (κ3) is 7.31. The minimum atomic E-state index is -0.430. The topological polar surface area (TPSA) is 50.7 Å². The van der Waals surface area contributed by atoms with Gasteiger partial charge in [-0.25, -0.2) is 0 Å². The zero-order valence-corrected chi connectivity index (χ0v) is 12.0. The molecule has 1 rings (SSSR count). The summed E-state index contributed by atoms with van der Waals surface area (Å²) in [6, 6.07) is 0. The van der Waals surface area contributed by atoms with Gasteiger partial charge in [-0.15, -0.1) is 0 Å². The second-order valence-corrected chi connectivity index (χ2v) is 5.72. The Morgan fingerprint density at radius 2 is 2.17 bits per heavy atom. The molecule has 1 saturated heterocycles. The van der Waals surface area contributed by atoms with Gasteiger partial charge in [0.25, 0.3) is 0 Å². The summed E-state index contributed by atoms with van der Waals surface area (Å²) in [6.07, 6.45) is 3.45. The van der Waals surface area contributed by atoms with E-state index < -0.39 is 6.10 Å². The lowest BCUT2D eigenvalue weighted by Gasteiger charge is -2.19. The van der Waals surface area contributed by atoms with Gasteiger partial charge in [-0.2, -0.15) is 0 Å². The molecule has 0 amide bonds. The van der Waals surface area contributed by atoms with Gasteiger partial charge in [0.1, 0.15) is 0 Å². The van der Waals surface area contributed by atoms with E-state index in [1.54, 1.807) is 0 Å². The van der Waals surface area contributed by atoms with Crippen LogP contribution in [0.25, 0.3) is 0 Å². The molecule has 4 nitrogen and oxygen atoms in total. The fourth-order valence-corrected chi connectivity index (χ4v) is 2.28. The van der Waals surface area contributed by atoms with Crippen molar-refractivity contribution in [1.82, 2.24) is 5.32 Å². The molecule has 1 aliphatic heterocycles. The third-order valence-electron chi connectivity index (χ3n) is 3.15. The first kappa shape index (κ1) is 15.9. The molecule has 0 aromatic rings. The van der Waals surface area contributed by atoms with Crippen LogP contribution in [0.1, 0.15) is 40.0 Å². The highest BCUT2D eigenvalue weighted by Crippen LogP contribution is 2.10. The molecule has 0 aromatic heterocycles. The lowest BCUT2D eigenvalue weighted by Crippen LogP contribution is -2.35. The normalized spacial score (nSPS) is 23.5. The molecule has 0 saturated carbocycles. The van der Waals surface area contributed by atoms with Crippen molar-refractivity contribution < 1.29 is 14.6 Å². The van der Waals surface area contributed by atoms with Gasteiger partial charge in [0, 0.05) is 19.7 Å². The Labute approximate surface area is 111 Å². The molecule has 0 aliphatic carbocycles. The number of hydrogen-bond donors (Lipinski definition) is 2. The van der Waals surface area contributed by atoms with Crippen LogP contribution in [-0.2, 0) is 9.47 Å². The van der Waals surface area contributed by atoms with Gasteiger partial charge >= 0.3 is 0 Å². The Bertz CT molecular complexity index is 205. The van der Waals surface area contributed by atoms with Crippen LogP contribution in [0.5, 0.6) is 0 Å². The Morgan fingerprint density at radius 3 is 2.78 bits per heavy atom. The molecule has 18 heavy (non-hydrogen) atoms. The molecule has 0 bridgehead atoms. The fourth-order valence-electron chi connectivity index (χ4n) is 2.28. The molecule has 0 radical (unpaired) electrons. The van der Waals surface area contributed by atoms with Crippen molar-refractivity contribution in [3.05, 3.63) is 0 Å². The maximum absolute atomic E-state index is 9.78. The summed E-state index contributed by atoms with van der Waals surface area (Å²) in [5.41, 5.74) is 0. The van der Waals surface area contributed by atoms with Crippen molar-refractivity contribution in [3.63, 3.8) is 0 Å². The van der Waals surface area contributed by atoms with Gasteiger partial charge < -0.3 is 19.9 Å². The van der Waals surface area contributed by atoms with E-state index >= 15 is 0 Å². The Balaban J connectivity index is 1.97. The van der Waals surface area contributed by atoms with Gasteiger partial charge in [0.05, 0.1) is 24.9 Å². The van der Waals surface area contributed by atoms with Crippen molar-refractivity contribution >= 4 is 0 Å². The van der Waals surface area contributed by atoms with Gasteiger partial charge in [-0.05, 0) is 32.1 Å². The van der Waals surface area contributed by atoms with Crippen LogP contribution in [-0.4, -0.2) is 49.7 Å². The lowest BCUT2D eigenvalue weighted by molar-refractivity contribution is -0.00950. The number of aliphatic hydroxyl groups excluding tert-OH is 1. The minimum absolute atomic E-state index is 0.220. The van der Waals surface area contributed by atoms with E-state index in [1.165, 1.54) is 0 Å². The number of rotatable bonds is 9. The van der Waals surface area contributed by atoms with E-state index in [0.717, 1.165) is 32.4 Å². The number of ether oxygens (including phenoxy) is 2. The van der Waals surface area contributed by atoms with Crippen LogP contribution in [0.2, 0.25) is 0 Å². The molecular weight excluding hydrogens is 230 g/mol. The summed E-state index contributed by atoms with van der Waals surface area (Å²) in [7, 11) is 0. The van der Waals surface area contributed by atoms with E-state index in [0.29, 0.717) is 25.2 Å². The van der Waals surface area contributed by atoms with Crippen LogP contribution < -0.4 is 5.32 Å². The van der Waals surface area contributed by atoms with E-state index in [4.69, 9.17) is 9.47 Å². The molecule has 0 aromatic carbocycles. The zero-order valence-electron chi connectivity index (χ0n) is 12.0. The molecular formula is C14H29NO3. The van der Waals surface area contributed by atoms with Gasteiger partial charge in [-0.1, -0.05) is 13.8 Å². The first-order valence-electron chi connectivity index (χ1n) is 7.20. The molecule has 2 N–H and O–H groups in total. The Morgan fingerprint density at radius 1 is 1.39 bits per heavy atom. The maximum atomic E-state index is 9.78. The summed E-state index contributed by atoms with van der Waals surface area (Å²) >= 11 is 0. The molecule has 3 atom stereocenters. The van der Waals surface area contributed by atoms with Gasteiger partial charge in [-0.3, -0.25) is 0 Å². The highest BCUT2D eigenvalue weighted by atomic mass is 16.5. The molecule has 1 heterocycles. The van der Waals surface area contributed by atoms with E-state index in [9.17, 15) is 5.11 Å². The van der Waals surface area contributed by atoms with E-state index in [1.807, 2.05) is 0 Å². The lowest BCUT2D eigenvalue weighted by atomic mass is 10.1. The fraction of sp³-hybridized carbons (Fsp3) is 1.00. The molecule has 3 unspecified atom stereocenters. The number of hydrogen-bond acceptors (Lipinski definition) is 4. The van der Waals surface area contributed by atoms with Crippen molar-refractivity contribution in [3.8, 4) is 0 Å². The Kier molecular flexibility index (Phi) is 7.82. The second-order valence-electron chi connectivity index (χ2n) is 5.72. The summed E-state index contributed by atoms with van der Waals surface area (Å²) < 4.78 is 11.1. The van der Waals surface area contributed by atoms with Crippen molar-refractivity contribution in [2.75, 3.05) is 26.3 Å². The standard InChI is InChI=1S/C14H29NO3/c1-11(2)7-12(3)18-10-13(16)8-15-9-14-5-4-6-17-14/h11-16H,4-10H2,1-3H3. The van der Waals surface area contributed by atoms with Crippen molar-refractivity contribution in [2.24, 2.45) is 5.92 Å². The molecule has 1 aliphatic rings. The molecule has 4 heteroatoms. The van der Waals surface area contributed by atoms with Crippen molar-refractivity contribution in [1.29, 1.82) is 0 Å². The summed E-state index contributed by atoms with van der Waals surface area (Å²) in [6.45, 7) is 9.12.